The lowest BCUT2D eigenvalue weighted by atomic mass is 9.76. The van der Waals surface area contributed by atoms with Crippen molar-refractivity contribution in [1.29, 1.82) is 0 Å². The summed E-state index contributed by atoms with van der Waals surface area (Å²) in [4.78, 5) is 0. The highest BCUT2D eigenvalue weighted by Crippen LogP contribution is 2.30. The summed E-state index contributed by atoms with van der Waals surface area (Å²) in [6.07, 6.45) is 1.17. The van der Waals surface area contributed by atoms with Crippen LogP contribution in [0, 0.1) is 25.2 Å². The first-order valence-electron chi connectivity index (χ1n) is 6.56. The first-order valence-corrected chi connectivity index (χ1v) is 6.56. The number of hydrogen-bond donors (Lipinski definition) is 1. The van der Waals surface area contributed by atoms with Crippen LogP contribution in [0.3, 0.4) is 0 Å². The Labute approximate surface area is 107 Å². The molecule has 0 spiro atoms. The summed E-state index contributed by atoms with van der Waals surface area (Å²) in [5.74, 6) is 0.673. The molecule has 1 aromatic carbocycles. The van der Waals surface area contributed by atoms with E-state index in [0.717, 1.165) is 6.54 Å². The third-order valence-electron chi connectivity index (χ3n) is 3.77. The second-order valence-electron chi connectivity index (χ2n) is 6.20. The average molecular weight is 233 g/mol. The lowest BCUT2D eigenvalue weighted by Crippen LogP contribution is -2.32. The van der Waals surface area contributed by atoms with E-state index in [9.17, 15) is 0 Å². The van der Waals surface area contributed by atoms with Gasteiger partial charge in [0.25, 0.3) is 0 Å². The Morgan fingerprint density at radius 1 is 1.12 bits per heavy atom. The van der Waals surface area contributed by atoms with Crippen LogP contribution in [-0.2, 0) is 6.42 Å². The van der Waals surface area contributed by atoms with Crippen LogP contribution in [0.2, 0.25) is 0 Å². The molecule has 0 radical (unpaired) electrons. The molecule has 1 aromatic rings. The second kappa shape index (κ2) is 5.68. The fourth-order valence-corrected chi connectivity index (χ4v) is 2.35. The summed E-state index contributed by atoms with van der Waals surface area (Å²) in [7, 11) is 2.05. The topological polar surface area (TPSA) is 12.0 Å². The summed E-state index contributed by atoms with van der Waals surface area (Å²) in [6, 6.07) is 6.60. The summed E-state index contributed by atoms with van der Waals surface area (Å²) in [6.45, 7) is 12.5. The summed E-state index contributed by atoms with van der Waals surface area (Å²) < 4.78 is 0. The fraction of sp³-hybridized carbons (Fsp3) is 0.625. The van der Waals surface area contributed by atoms with Crippen molar-refractivity contribution in [2.75, 3.05) is 13.6 Å². The minimum atomic E-state index is 0.345. The maximum absolute atomic E-state index is 3.33. The molecule has 1 rings (SSSR count). The highest BCUT2D eigenvalue weighted by Gasteiger charge is 2.25. The molecule has 1 nitrogen and oxygen atoms in total. The molecule has 0 heterocycles. The molecular weight excluding hydrogens is 206 g/mol. The molecule has 0 aromatic heterocycles. The summed E-state index contributed by atoms with van der Waals surface area (Å²) in [5, 5.41) is 3.33. The normalized spacial score (nSPS) is 13.8. The van der Waals surface area contributed by atoms with Gasteiger partial charge in [0, 0.05) is 0 Å². The van der Waals surface area contributed by atoms with Crippen molar-refractivity contribution in [3.63, 3.8) is 0 Å². The minimum absolute atomic E-state index is 0.345. The monoisotopic (exact) mass is 233 g/mol. The lowest BCUT2D eigenvalue weighted by molar-refractivity contribution is 0.234. The number of aryl methyl sites for hydroxylation is 2. The van der Waals surface area contributed by atoms with E-state index in [1.165, 1.54) is 23.1 Å². The largest absolute Gasteiger partial charge is 0.319 e. The number of rotatable bonds is 4. The Bertz CT molecular complexity index is 340. The van der Waals surface area contributed by atoms with Gasteiger partial charge in [-0.2, -0.15) is 0 Å². The second-order valence-corrected chi connectivity index (χ2v) is 6.20. The van der Waals surface area contributed by atoms with Crippen LogP contribution in [-0.4, -0.2) is 13.6 Å². The van der Waals surface area contributed by atoms with Crippen LogP contribution in [0.1, 0.15) is 37.5 Å². The average Bonchev–Trinajstić information content (AvgIpc) is 2.20. The van der Waals surface area contributed by atoms with Gasteiger partial charge in [0.05, 0.1) is 0 Å². The minimum Gasteiger partial charge on any atom is -0.319 e. The maximum Gasteiger partial charge on any atom is -0.00153 e. The number of hydrogen-bond acceptors (Lipinski definition) is 1. The quantitative estimate of drug-likeness (QED) is 0.835. The van der Waals surface area contributed by atoms with E-state index in [1.807, 2.05) is 7.05 Å². The predicted molar refractivity (Wildman–Crippen MR) is 76.5 cm³/mol. The molecule has 0 aliphatic carbocycles. The Balaban J connectivity index is 2.94. The molecule has 0 saturated heterocycles. The van der Waals surface area contributed by atoms with Crippen molar-refractivity contribution < 1.29 is 0 Å². The van der Waals surface area contributed by atoms with Crippen molar-refractivity contribution in [2.45, 2.75) is 41.0 Å². The molecule has 0 bridgehead atoms. The maximum atomic E-state index is 3.33. The van der Waals surface area contributed by atoms with Crippen molar-refractivity contribution in [3.05, 3.63) is 34.9 Å². The van der Waals surface area contributed by atoms with Crippen molar-refractivity contribution in [1.82, 2.24) is 5.32 Å². The van der Waals surface area contributed by atoms with Gasteiger partial charge in [-0.3, -0.25) is 0 Å². The third-order valence-corrected chi connectivity index (χ3v) is 3.77. The van der Waals surface area contributed by atoms with E-state index in [2.05, 4.69) is 58.1 Å². The van der Waals surface area contributed by atoms with Gasteiger partial charge in [-0.25, -0.2) is 0 Å². The molecule has 1 unspecified atom stereocenters. The molecule has 1 N–H and O–H groups in total. The molecule has 0 amide bonds. The zero-order valence-corrected chi connectivity index (χ0v) is 12.2. The van der Waals surface area contributed by atoms with E-state index >= 15 is 0 Å². The van der Waals surface area contributed by atoms with Crippen molar-refractivity contribution >= 4 is 0 Å². The van der Waals surface area contributed by atoms with Gasteiger partial charge in [0.2, 0.25) is 0 Å². The van der Waals surface area contributed by atoms with Crippen LogP contribution >= 0.6 is 0 Å². The molecule has 0 aliphatic heterocycles. The Morgan fingerprint density at radius 3 is 2.06 bits per heavy atom. The fourth-order valence-electron chi connectivity index (χ4n) is 2.35. The van der Waals surface area contributed by atoms with Crippen molar-refractivity contribution in [3.8, 4) is 0 Å². The third kappa shape index (κ3) is 3.85. The Morgan fingerprint density at radius 2 is 1.65 bits per heavy atom. The zero-order valence-electron chi connectivity index (χ0n) is 12.2. The highest BCUT2D eigenvalue weighted by atomic mass is 14.8. The van der Waals surface area contributed by atoms with Crippen LogP contribution in [0.25, 0.3) is 0 Å². The van der Waals surface area contributed by atoms with Gasteiger partial charge >= 0.3 is 0 Å². The summed E-state index contributed by atoms with van der Waals surface area (Å²) in [5.41, 5.74) is 4.73. The molecule has 17 heavy (non-hydrogen) atoms. The van der Waals surface area contributed by atoms with Gasteiger partial charge < -0.3 is 5.32 Å². The number of benzene rings is 1. The Hall–Kier alpha value is -0.820. The van der Waals surface area contributed by atoms with E-state index in [0.29, 0.717) is 11.3 Å². The molecule has 96 valence electrons. The number of nitrogens with one attached hydrogen (secondary N) is 1. The van der Waals surface area contributed by atoms with Crippen LogP contribution in [0.15, 0.2) is 18.2 Å². The molecule has 1 atom stereocenters. The first-order chi connectivity index (χ1) is 7.86. The van der Waals surface area contributed by atoms with E-state index in [1.54, 1.807) is 0 Å². The van der Waals surface area contributed by atoms with E-state index < -0.39 is 0 Å². The SMILES string of the molecule is CNCC(Cc1c(C)cccc1C)C(C)(C)C. The van der Waals surface area contributed by atoms with Crippen molar-refractivity contribution in [2.24, 2.45) is 11.3 Å². The van der Waals surface area contributed by atoms with Crippen LogP contribution in [0.4, 0.5) is 0 Å². The molecule has 0 saturated carbocycles. The van der Waals surface area contributed by atoms with E-state index in [-0.39, 0.29) is 0 Å². The van der Waals surface area contributed by atoms with Gasteiger partial charge in [0.15, 0.2) is 0 Å². The first kappa shape index (κ1) is 14.2. The standard InChI is InChI=1S/C16H27N/c1-12-8-7-9-13(2)15(12)10-14(11-17-6)16(3,4)5/h7-9,14,17H,10-11H2,1-6H3. The molecular formula is C16H27N. The molecule has 1 heteroatoms. The van der Waals surface area contributed by atoms with Gasteiger partial charge in [-0.15, -0.1) is 0 Å². The summed E-state index contributed by atoms with van der Waals surface area (Å²) >= 11 is 0. The molecule has 0 fully saturated rings. The van der Waals surface area contributed by atoms with Crippen LogP contribution in [0.5, 0.6) is 0 Å². The smallest absolute Gasteiger partial charge is 0.00153 e. The van der Waals surface area contributed by atoms with Gasteiger partial charge in [-0.05, 0) is 61.9 Å². The van der Waals surface area contributed by atoms with Gasteiger partial charge in [-0.1, -0.05) is 39.0 Å². The zero-order chi connectivity index (χ0) is 13.1. The van der Waals surface area contributed by atoms with Crippen LogP contribution < -0.4 is 5.32 Å². The van der Waals surface area contributed by atoms with Gasteiger partial charge in [0.1, 0.15) is 0 Å². The lowest BCUT2D eigenvalue weighted by Gasteiger charge is -2.31. The predicted octanol–water partition coefficient (Wildman–Crippen LogP) is 3.73. The Kier molecular flexibility index (Phi) is 4.76. The highest BCUT2D eigenvalue weighted by molar-refractivity contribution is 5.34. The molecule has 0 aliphatic rings. The van der Waals surface area contributed by atoms with E-state index in [4.69, 9.17) is 0 Å².